The molecule has 0 bridgehead atoms. The van der Waals surface area contributed by atoms with E-state index in [0.717, 1.165) is 22.2 Å². The zero-order valence-corrected chi connectivity index (χ0v) is 10.6. The van der Waals surface area contributed by atoms with Crippen molar-refractivity contribution in [3.8, 4) is 0 Å². The van der Waals surface area contributed by atoms with Gasteiger partial charge < -0.3 is 0 Å². The van der Waals surface area contributed by atoms with Crippen LogP contribution in [0.3, 0.4) is 0 Å². The van der Waals surface area contributed by atoms with Crippen molar-refractivity contribution in [3.63, 3.8) is 0 Å². The van der Waals surface area contributed by atoms with Crippen molar-refractivity contribution in [1.82, 2.24) is 19.7 Å². The second kappa shape index (κ2) is 4.38. The van der Waals surface area contributed by atoms with Crippen LogP contribution in [-0.2, 0) is 6.54 Å². The Morgan fingerprint density at radius 1 is 1.22 bits per heavy atom. The SMILES string of the molecule is Cc1nn(Cc2cncnc2)c2cc(Cl)ccc12. The van der Waals surface area contributed by atoms with E-state index in [4.69, 9.17) is 11.6 Å². The predicted octanol–water partition coefficient (Wildman–Crippen LogP) is 2.84. The Hall–Kier alpha value is -1.94. The minimum atomic E-state index is 0.644. The lowest BCUT2D eigenvalue weighted by Gasteiger charge is -2.03. The van der Waals surface area contributed by atoms with Gasteiger partial charge in [0.25, 0.3) is 0 Å². The molecule has 0 fully saturated rings. The van der Waals surface area contributed by atoms with Crippen LogP contribution in [-0.4, -0.2) is 19.7 Å². The number of hydrogen-bond acceptors (Lipinski definition) is 3. The summed E-state index contributed by atoms with van der Waals surface area (Å²) in [5.41, 5.74) is 3.05. The molecule has 0 N–H and O–H groups in total. The van der Waals surface area contributed by atoms with Gasteiger partial charge in [-0.15, -0.1) is 0 Å². The summed E-state index contributed by atoms with van der Waals surface area (Å²) in [5, 5.41) is 6.37. The van der Waals surface area contributed by atoms with E-state index in [1.165, 1.54) is 6.33 Å². The second-order valence-electron chi connectivity index (χ2n) is 4.15. The molecule has 90 valence electrons. The average Bonchev–Trinajstić information content (AvgIpc) is 2.67. The molecular weight excluding hydrogens is 248 g/mol. The third-order valence-corrected chi connectivity index (χ3v) is 3.08. The molecule has 0 radical (unpaired) electrons. The summed E-state index contributed by atoms with van der Waals surface area (Å²) in [6.07, 6.45) is 5.10. The molecule has 0 saturated carbocycles. The molecule has 0 aliphatic carbocycles. The summed E-state index contributed by atoms with van der Waals surface area (Å²) in [6.45, 7) is 2.64. The van der Waals surface area contributed by atoms with Gasteiger partial charge in [0.1, 0.15) is 6.33 Å². The molecule has 18 heavy (non-hydrogen) atoms. The van der Waals surface area contributed by atoms with Crippen LogP contribution in [0.2, 0.25) is 5.02 Å². The Labute approximate surface area is 109 Å². The number of aromatic nitrogens is 4. The molecule has 0 amide bonds. The molecule has 0 spiro atoms. The van der Waals surface area contributed by atoms with E-state index < -0.39 is 0 Å². The van der Waals surface area contributed by atoms with Crippen LogP contribution in [0.5, 0.6) is 0 Å². The van der Waals surface area contributed by atoms with E-state index >= 15 is 0 Å². The maximum Gasteiger partial charge on any atom is 0.115 e. The Kier molecular flexibility index (Phi) is 2.72. The fraction of sp³-hybridized carbons (Fsp3) is 0.154. The minimum absolute atomic E-state index is 0.644. The Bertz CT molecular complexity index is 691. The van der Waals surface area contributed by atoms with E-state index in [-0.39, 0.29) is 0 Å². The number of fused-ring (bicyclic) bond motifs is 1. The van der Waals surface area contributed by atoms with Crippen molar-refractivity contribution < 1.29 is 0 Å². The smallest absolute Gasteiger partial charge is 0.115 e. The largest absolute Gasteiger partial charge is 0.260 e. The summed E-state index contributed by atoms with van der Waals surface area (Å²) in [7, 11) is 0. The molecule has 1 aromatic carbocycles. The Morgan fingerprint density at radius 3 is 2.78 bits per heavy atom. The van der Waals surface area contributed by atoms with Crippen LogP contribution < -0.4 is 0 Å². The molecule has 5 heteroatoms. The topological polar surface area (TPSA) is 43.6 Å². The molecule has 0 aliphatic heterocycles. The lowest BCUT2D eigenvalue weighted by molar-refractivity contribution is 0.698. The van der Waals surface area contributed by atoms with Crippen LogP contribution >= 0.6 is 11.6 Å². The van der Waals surface area contributed by atoms with E-state index in [1.54, 1.807) is 12.4 Å². The van der Waals surface area contributed by atoms with E-state index in [9.17, 15) is 0 Å². The van der Waals surface area contributed by atoms with Gasteiger partial charge in [-0.1, -0.05) is 11.6 Å². The number of nitrogens with zero attached hydrogens (tertiary/aromatic N) is 4. The normalized spacial score (nSPS) is 11.0. The molecule has 0 atom stereocenters. The standard InChI is InChI=1S/C13H11ClN4/c1-9-12-3-2-11(14)4-13(12)18(17-9)7-10-5-15-8-16-6-10/h2-6,8H,7H2,1H3. The molecule has 3 aromatic rings. The van der Waals surface area contributed by atoms with Gasteiger partial charge in [0, 0.05) is 28.4 Å². The highest BCUT2D eigenvalue weighted by atomic mass is 35.5. The molecule has 2 aromatic heterocycles. The van der Waals surface area contributed by atoms with Crippen molar-refractivity contribution in [3.05, 3.63) is 53.2 Å². The average molecular weight is 259 g/mol. The first-order valence-electron chi connectivity index (χ1n) is 5.60. The first-order chi connectivity index (χ1) is 8.74. The molecule has 3 rings (SSSR count). The van der Waals surface area contributed by atoms with Crippen LogP contribution in [0.25, 0.3) is 10.9 Å². The Balaban J connectivity index is 2.09. The second-order valence-corrected chi connectivity index (χ2v) is 4.59. The zero-order chi connectivity index (χ0) is 12.5. The summed E-state index contributed by atoms with van der Waals surface area (Å²) in [5.74, 6) is 0. The highest BCUT2D eigenvalue weighted by Crippen LogP contribution is 2.22. The fourth-order valence-corrected chi connectivity index (χ4v) is 2.18. The van der Waals surface area contributed by atoms with Crippen molar-refractivity contribution in [2.75, 3.05) is 0 Å². The molecule has 2 heterocycles. The first-order valence-corrected chi connectivity index (χ1v) is 5.98. The van der Waals surface area contributed by atoms with Gasteiger partial charge in [0.05, 0.1) is 17.8 Å². The van der Waals surface area contributed by atoms with Crippen LogP contribution in [0.4, 0.5) is 0 Å². The predicted molar refractivity (Wildman–Crippen MR) is 70.6 cm³/mol. The highest BCUT2D eigenvalue weighted by Gasteiger charge is 2.08. The quantitative estimate of drug-likeness (QED) is 0.710. The van der Waals surface area contributed by atoms with E-state index in [1.807, 2.05) is 29.8 Å². The van der Waals surface area contributed by atoms with Gasteiger partial charge >= 0.3 is 0 Å². The summed E-state index contributed by atoms with van der Waals surface area (Å²) in [6, 6.07) is 5.81. The number of aryl methyl sites for hydroxylation is 1. The first kappa shape index (κ1) is 11.2. The van der Waals surface area contributed by atoms with Crippen molar-refractivity contribution in [2.45, 2.75) is 13.5 Å². The molecule has 0 saturated heterocycles. The number of benzene rings is 1. The summed E-state index contributed by atoms with van der Waals surface area (Å²) >= 11 is 6.04. The lowest BCUT2D eigenvalue weighted by atomic mass is 10.2. The number of halogens is 1. The third-order valence-electron chi connectivity index (χ3n) is 2.84. The molecule has 4 nitrogen and oxygen atoms in total. The van der Waals surface area contributed by atoms with Gasteiger partial charge in [-0.3, -0.25) is 4.68 Å². The minimum Gasteiger partial charge on any atom is -0.260 e. The van der Waals surface area contributed by atoms with Gasteiger partial charge in [-0.2, -0.15) is 5.10 Å². The van der Waals surface area contributed by atoms with Crippen LogP contribution in [0.1, 0.15) is 11.3 Å². The van der Waals surface area contributed by atoms with E-state index in [2.05, 4.69) is 15.1 Å². The summed E-state index contributed by atoms with van der Waals surface area (Å²) in [4.78, 5) is 8.01. The highest BCUT2D eigenvalue weighted by molar-refractivity contribution is 6.31. The van der Waals surface area contributed by atoms with Crippen LogP contribution in [0.15, 0.2) is 36.9 Å². The fourth-order valence-electron chi connectivity index (χ4n) is 2.02. The molecular formula is C13H11ClN4. The van der Waals surface area contributed by atoms with E-state index in [0.29, 0.717) is 11.6 Å². The maximum absolute atomic E-state index is 6.04. The summed E-state index contributed by atoms with van der Waals surface area (Å²) < 4.78 is 1.93. The zero-order valence-electron chi connectivity index (χ0n) is 9.84. The monoisotopic (exact) mass is 258 g/mol. The Morgan fingerprint density at radius 2 is 2.00 bits per heavy atom. The number of rotatable bonds is 2. The molecule has 0 aliphatic rings. The third kappa shape index (κ3) is 1.95. The van der Waals surface area contributed by atoms with Crippen LogP contribution in [0, 0.1) is 6.92 Å². The van der Waals surface area contributed by atoms with Crippen molar-refractivity contribution >= 4 is 22.5 Å². The molecule has 0 unspecified atom stereocenters. The van der Waals surface area contributed by atoms with Crippen molar-refractivity contribution in [2.24, 2.45) is 0 Å². The van der Waals surface area contributed by atoms with Gasteiger partial charge in [-0.25, -0.2) is 9.97 Å². The van der Waals surface area contributed by atoms with Gasteiger partial charge in [-0.05, 0) is 25.1 Å². The van der Waals surface area contributed by atoms with Crippen molar-refractivity contribution in [1.29, 1.82) is 0 Å². The lowest BCUT2D eigenvalue weighted by Crippen LogP contribution is -2.02. The maximum atomic E-state index is 6.04. The van der Waals surface area contributed by atoms with Gasteiger partial charge in [0.2, 0.25) is 0 Å². The number of hydrogen-bond donors (Lipinski definition) is 0. The van der Waals surface area contributed by atoms with Gasteiger partial charge in [0.15, 0.2) is 0 Å².